The molecule has 0 aromatic heterocycles. The number of hydrogen-bond donors (Lipinski definition) is 3. The predicted octanol–water partition coefficient (Wildman–Crippen LogP) is 9.50. The summed E-state index contributed by atoms with van der Waals surface area (Å²) in [4.78, 5) is 34.8. The molecule has 0 heterocycles. The highest BCUT2D eigenvalue weighted by Gasteiger charge is 2.27. The Balaban J connectivity index is 4.33. The van der Waals surface area contributed by atoms with Crippen LogP contribution < -0.4 is 0 Å². The molecule has 1 unspecified atom stereocenters. The zero-order valence-electron chi connectivity index (χ0n) is 30.7. The standard InChI is InChI=1S/C37H73O10P/c1-3-5-7-9-11-13-15-17-19-20-22-24-26-28-36(40)44-32-35(33-46-48(42,43)45-31-34(39)30-38)47-37(41)29-27-25-23-21-18-16-14-12-10-8-6-4-2/h34-35,38-39H,3-33H2,1-2H3,(H,42,43)/t34-,35+/m0/s1. The number of aliphatic hydroxyl groups is 2. The molecule has 0 aliphatic carbocycles. The predicted molar refractivity (Wildman–Crippen MR) is 192 cm³/mol. The second-order valence-electron chi connectivity index (χ2n) is 13.3. The van der Waals surface area contributed by atoms with Crippen molar-refractivity contribution in [2.24, 2.45) is 0 Å². The summed E-state index contributed by atoms with van der Waals surface area (Å²) >= 11 is 0. The summed E-state index contributed by atoms with van der Waals surface area (Å²) in [6.07, 6.45) is 27.8. The van der Waals surface area contributed by atoms with Crippen LogP contribution in [0, 0.1) is 0 Å². The van der Waals surface area contributed by atoms with Crippen molar-refractivity contribution in [1.82, 2.24) is 0 Å². The van der Waals surface area contributed by atoms with Gasteiger partial charge in [-0.15, -0.1) is 0 Å². The van der Waals surface area contributed by atoms with Gasteiger partial charge >= 0.3 is 19.8 Å². The van der Waals surface area contributed by atoms with Gasteiger partial charge in [0.15, 0.2) is 6.10 Å². The van der Waals surface area contributed by atoms with Gasteiger partial charge in [-0.1, -0.05) is 162 Å². The maximum absolute atomic E-state index is 12.5. The lowest BCUT2D eigenvalue weighted by Crippen LogP contribution is -2.29. The number of phosphoric acid groups is 1. The molecular weight excluding hydrogens is 635 g/mol. The minimum Gasteiger partial charge on any atom is -0.462 e. The Morgan fingerprint density at radius 2 is 0.896 bits per heavy atom. The van der Waals surface area contributed by atoms with Crippen molar-refractivity contribution in [2.45, 2.75) is 199 Å². The van der Waals surface area contributed by atoms with Crippen molar-refractivity contribution < 1.29 is 47.8 Å². The fourth-order valence-corrected chi connectivity index (χ4v) is 6.25. The largest absolute Gasteiger partial charge is 0.472 e. The molecule has 0 aromatic rings. The summed E-state index contributed by atoms with van der Waals surface area (Å²) in [5.74, 6) is -0.915. The third-order valence-corrected chi connectivity index (χ3v) is 9.46. The number of aliphatic hydroxyl groups excluding tert-OH is 2. The number of carbonyl (C=O) groups is 2. The van der Waals surface area contributed by atoms with Gasteiger partial charge in [0, 0.05) is 12.8 Å². The van der Waals surface area contributed by atoms with E-state index in [4.69, 9.17) is 19.1 Å². The summed E-state index contributed by atoms with van der Waals surface area (Å²) in [6.45, 7) is 2.38. The highest BCUT2D eigenvalue weighted by molar-refractivity contribution is 7.47. The molecule has 0 aliphatic rings. The van der Waals surface area contributed by atoms with Gasteiger partial charge in [0.05, 0.1) is 19.8 Å². The van der Waals surface area contributed by atoms with Crippen molar-refractivity contribution >= 4 is 19.8 Å². The van der Waals surface area contributed by atoms with Crippen molar-refractivity contribution in [3.63, 3.8) is 0 Å². The maximum atomic E-state index is 12.5. The molecule has 0 rings (SSSR count). The normalized spacial score (nSPS) is 14.0. The lowest BCUT2D eigenvalue weighted by Gasteiger charge is -2.20. The minimum absolute atomic E-state index is 0.191. The van der Waals surface area contributed by atoms with Gasteiger partial charge in [0.25, 0.3) is 0 Å². The number of ether oxygens (including phenoxy) is 2. The molecule has 3 N–H and O–H groups in total. The molecule has 0 spiro atoms. The van der Waals surface area contributed by atoms with E-state index in [1.807, 2.05) is 0 Å². The van der Waals surface area contributed by atoms with Gasteiger partial charge in [0.2, 0.25) is 0 Å². The van der Waals surface area contributed by atoms with E-state index in [0.29, 0.717) is 12.8 Å². The van der Waals surface area contributed by atoms with E-state index < -0.39 is 51.8 Å². The molecule has 0 bridgehead atoms. The highest BCUT2D eigenvalue weighted by atomic mass is 31.2. The van der Waals surface area contributed by atoms with Crippen LogP contribution in [0.4, 0.5) is 0 Å². The first kappa shape index (κ1) is 47.0. The topological polar surface area (TPSA) is 149 Å². The summed E-state index contributed by atoms with van der Waals surface area (Å²) in [6, 6.07) is 0. The lowest BCUT2D eigenvalue weighted by molar-refractivity contribution is -0.161. The van der Waals surface area contributed by atoms with Crippen LogP contribution >= 0.6 is 7.82 Å². The Labute approximate surface area is 293 Å². The van der Waals surface area contributed by atoms with Gasteiger partial charge < -0.3 is 24.6 Å². The number of rotatable bonds is 37. The van der Waals surface area contributed by atoms with Gasteiger partial charge in [-0.2, -0.15) is 0 Å². The third-order valence-electron chi connectivity index (χ3n) is 8.51. The van der Waals surface area contributed by atoms with Gasteiger partial charge in [-0.25, -0.2) is 4.57 Å². The summed E-state index contributed by atoms with van der Waals surface area (Å²) in [5.41, 5.74) is 0. The second-order valence-corrected chi connectivity index (χ2v) is 14.8. The monoisotopic (exact) mass is 708 g/mol. The van der Waals surface area contributed by atoms with E-state index in [1.54, 1.807) is 0 Å². The number of esters is 2. The van der Waals surface area contributed by atoms with Crippen LogP contribution in [0.1, 0.15) is 187 Å². The second kappa shape index (κ2) is 34.4. The van der Waals surface area contributed by atoms with Crippen molar-refractivity contribution in [3.05, 3.63) is 0 Å². The first-order valence-corrected chi connectivity index (χ1v) is 21.0. The van der Waals surface area contributed by atoms with Crippen LogP contribution in [0.25, 0.3) is 0 Å². The fourth-order valence-electron chi connectivity index (χ4n) is 5.46. The smallest absolute Gasteiger partial charge is 0.462 e. The number of carbonyl (C=O) groups excluding carboxylic acids is 2. The molecule has 0 aromatic carbocycles. The SMILES string of the molecule is CCCCCCCCCCCCCCCC(=O)OC[C@H](COP(=O)(O)OC[C@@H](O)CO)OC(=O)CCCCCCCCCCCCCC. The molecule has 0 saturated carbocycles. The van der Waals surface area contributed by atoms with E-state index in [2.05, 4.69) is 18.4 Å². The van der Waals surface area contributed by atoms with Crippen LogP contribution in [0.2, 0.25) is 0 Å². The van der Waals surface area contributed by atoms with Crippen LogP contribution in [-0.4, -0.2) is 65.7 Å². The number of unbranched alkanes of at least 4 members (excludes halogenated alkanes) is 23. The van der Waals surface area contributed by atoms with Gasteiger partial charge in [-0.3, -0.25) is 18.6 Å². The summed E-state index contributed by atoms with van der Waals surface area (Å²) in [7, 11) is -4.60. The molecular formula is C37H73O10P. The minimum atomic E-state index is -4.60. The average Bonchev–Trinajstić information content (AvgIpc) is 3.07. The third kappa shape index (κ3) is 33.5. The quantitative estimate of drug-likeness (QED) is 0.0324. The molecule has 11 heteroatoms. The number of phosphoric ester groups is 1. The van der Waals surface area contributed by atoms with E-state index in [-0.39, 0.29) is 19.4 Å². The lowest BCUT2D eigenvalue weighted by atomic mass is 10.0. The van der Waals surface area contributed by atoms with Crippen LogP contribution in [0.15, 0.2) is 0 Å². The van der Waals surface area contributed by atoms with E-state index in [0.717, 1.165) is 38.5 Å². The Morgan fingerprint density at radius 1 is 0.542 bits per heavy atom. The first-order chi connectivity index (χ1) is 23.2. The Morgan fingerprint density at radius 3 is 1.29 bits per heavy atom. The molecule has 3 atom stereocenters. The van der Waals surface area contributed by atoms with E-state index in [9.17, 15) is 24.2 Å². The zero-order chi connectivity index (χ0) is 35.6. The van der Waals surface area contributed by atoms with Crippen molar-refractivity contribution in [3.8, 4) is 0 Å². The molecule has 10 nitrogen and oxygen atoms in total. The van der Waals surface area contributed by atoms with E-state index in [1.165, 1.54) is 109 Å². The van der Waals surface area contributed by atoms with Gasteiger partial charge in [-0.05, 0) is 12.8 Å². The van der Waals surface area contributed by atoms with E-state index >= 15 is 0 Å². The Kier molecular flexibility index (Phi) is 33.7. The first-order valence-electron chi connectivity index (χ1n) is 19.5. The molecule has 48 heavy (non-hydrogen) atoms. The maximum Gasteiger partial charge on any atom is 0.472 e. The zero-order valence-corrected chi connectivity index (χ0v) is 31.6. The molecule has 0 saturated heterocycles. The molecule has 0 radical (unpaired) electrons. The molecule has 286 valence electrons. The van der Waals surface area contributed by atoms with Crippen LogP contribution in [0.5, 0.6) is 0 Å². The molecule has 0 fully saturated rings. The van der Waals surface area contributed by atoms with Crippen LogP contribution in [0.3, 0.4) is 0 Å². The molecule has 0 aliphatic heterocycles. The highest BCUT2D eigenvalue weighted by Crippen LogP contribution is 2.43. The average molecular weight is 709 g/mol. The van der Waals surface area contributed by atoms with Crippen LogP contribution in [-0.2, 0) is 32.7 Å². The van der Waals surface area contributed by atoms with Crippen molar-refractivity contribution in [1.29, 1.82) is 0 Å². The van der Waals surface area contributed by atoms with Crippen molar-refractivity contribution in [2.75, 3.05) is 26.4 Å². The fraction of sp³-hybridized carbons (Fsp3) is 0.946. The summed E-state index contributed by atoms with van der Waals surface area (Å²) < 4.78 is 32.6. The Bertz CT molecular complexity index is 781. The Hall–Kier alpha value is -1.03. The molecule has 0 amide bonds. The summed E-state index contributed by atoms with van der Waals surface area (Å²) in [5, 5.41) is 18.3. The van der Waals surface area contributed by atoms with Gasteiger partial charge in [0.1, 0.15) is 12.7 Å². The number of hydrogen-bond acceptors (Lipinski definition) is 9.